The van der Waals surface area contributed by atoms with Crippen LogP contribution < -0.4 is 10.6 Å². The Morgan fingerprint density at radius 2 is 1.93 bits per heavy atom. The fourth-order valence-corrected chi connectivity index (χ4v) is 5.55. The lowest BCUT2D eigenvalue weighted by Crippen LogP contribution is -2.20. The molecule has 28 heavy (non-hydrogen) atoms. The summed E-state index contributed by atoms with van der Waals surface area (Å²) in [6, 6.07) is 10.5. The number of amides is 2. The van der Waals surface area contributed by atoms with Gasteiger partial charge in [-0.2, -0.15) is 0 Å². The van der Waals surface area contributed by atoms with Crippen molar-refractivity contribution in [2.24, 2.45) is 0 Å². The minimum atomic E-state index is -3.51. The van der Waals surface area contributed by atoms with Gasteiger partial charge in [0.15, 0.2) is 9.84 Å². The molecule has 2 amide bonds. The van der Waals surface area contributed by atoms with Crippen molar-refractivity contribution in [3.05, 3.63) is 47.5 Å². The largest absolute Gasteiger partial charge is 0.326 e. The van der Waals surface area contributed by atoms with Crippen molar-refractivity contribution in [2.75, 3.05) is 22.1 Å². The Hall–Kier alpha value is -2.32. The normalized spacial score (nSPS) is 15.5. The molecule has 0 fully saturated rings. The van der Waals surface area contributed by atoms with Crippen molar-refractivity contribution in [1.29, 1.82) is 0 Å². The molecule has 0 saturated carbocycles. The van der Waals surface area contributed by atoms with E-state index in [1.54, 1.807) is 24.3 Å². The van der Waals surface area contributed by atoms with Gasteiger partial charge in [0.25, 0.3) is 0 Å². The van der Waals surface area contributed by atoms with E-state index in [0.717, 1.165) is 29.7 Å². The first-order chi connectivity index (χ1) is 13.4. The summed E-state index contributed by atoms with van der Waals surface area (Å²) in [6.07, 6.45) is 2.84. The number of carbonyl (C=O) groups is 2. The highest BCUT2D eigenvalue weighted by atomic mass is 32.2. The Bertz CT molecular complexity index is 1060. The molecule has 0 unspecified atom stereocenters. The Balaban J connectivity index is 1.39. The van der Waals surface area contributed by atoms with Gasteiger partial charge in [0.05, 0.1) is 22.1 Å². The van der Waals surface area contributed by atoms with Gasteiger partial charge >= 0.3 is 0 Å². The topological polar surface area (TPSA) is 92.3 Å². The maximum atomic E-state index is 12.6. The van der Waals surface area contributed by atoms with Crippen LogP contribution in [0.5, 0.6) is 0 Å². The van der Waals surface area contributed by atoms with E-state index in [-0.39, 0.29) is 28.9 Å². The van der Waals surface area contributed by atoms with Crippen LogP contribution in [0.2, 0.25) is 0 Å². The predicted octanol–water partition coefficient (Wildman–Crippen LogP) is 3.02. The summed E-state index contributed by atoms with van der Waals surface area (Å²) in [6.45, 7) is 0. The lowest BCUT2D eigenvalue weighted by Gasteiger charge is -2.17. The van der Waals surface area contributed by atoms with E-state index in [1.165, 1.54) is 17.3 Å². The number of carbonyl (C=O) groups excluding carboxylic acids is 2. The zero-order valence-electron chi connectivity index (χ0n) is 15.2. The maximum Gasteiger partial charge on any atom is 0.234 e. The van der Waals surface area contributed by atoms with E-state index >= 15 is 0 Å². The second kappa shape index (κ2) is 7.60. The summed E-state index contributed by atoms with van der Waals surface area (Å²) in [5, 5.41) is 5.47. The monoisotopic (exact) mass is 416 g/mol. The summed E-state index contributed by atoms with van der Waals surface area (Å²) in [7, 11) is -3.51. The minimum absolute atomic E-state index is 0.0820. The highest BCUT2D eigenvalue weighted by molar-refractivity contribution is 8.00. The van der Waals surface area contributed by atoms with Crippen LogP contribution in [0.25, 0.3) is 0 Å². The second-order valence-corrected chi connectivity index (χ2v) is 10.1. The number of aryl methyl sites for hydroxylation is 2. The van der Waals surface area contributed by atoms with Crippen LogP contribution in [-0.2, 0) is 32.3 Å². The van der Waals surface area contributed by atoms with E-state index < -0.39 is 9.84 Å². The number of hydrogen-bond acceptors (Lipinski definition) is 5. The van der Waals surface area contributed by atoms with E-state index in [4.69, 9.17) is 0 Å². The minimum Gasteiger partial charge on any atom is -0.326 e. The van der Waals surface area contributed by atoms with Crippen LogP contribution in [-0.4, -0.2) is 31.7 Å². The molecule has 146 valence electrons. The molecule has 2 aromatic rings. The second-order valence-electron chi connectivity index (χ2n) is 6.95. The molecule has 0 saturated heterocycles. The van der Waals surface area contributed by atoms with Crippen LogP contribution in [0.15, 0.2) is 46.2 Å². The first-order valence-electron chi connectivity index (χ1n) is 9.12. The number of anilines is 2. The van der Waals surface area contributed by atoms with Crippen LogP contribution in [0, 0.1) is 0 Å². The third kappa shape index (κ3) is 4.07. The molecule has 0 radical (unpaired) electrons. The molecule has 2 aromatic carbocycles. The van der Waals surface area contributed by atoms with Crippen molar-refractivity contribution in [1.82, 2.24) is 0 Å². The third-order valence-corrected chi connectivity index (χ3v) is 7.71. The van der Waals surface area contributed by atoms with Crippen molar-refractivity contribution in [2.45, 2.75) is 35.5 Å². The van der Waals surface area contributed by atoms with Gasteiger partial charge in [-0.1, -0.05) is 6.07 Å². The van der Waals surface area contributed by atoms with Crippen molar-refractivity contribution >= 4 is 44.8 Å². The highest BCUT2D eigenvalue weighted by Crippen LogP contribution is 2.33. The fourth-order valence-electron chi connectivity index (χ4n) is 3.47. The number of benzene rings is 2. The van der Waals surface area contributed by atoms with Gasteiger partial charge < -0.3 is 10.6 Å². The van der Waals surface area contributed by atoms with Crippen LogP contribution in [0.1, 0.15) is 24.0 Å². The van der Waals surface area contributed by atoms with Gasteiger partial charge in [0.2, 0.25) is 11.8 Å². The van der Waals surface area contributed by atoms with Crippen molar-refractivity contribution in [3.8, 4) is 0 Å². The van der Waals surface area contributed by atoms with Crippen molar-refractivity contribution in [3.63, 3.8) is 0 Å². The molecule has 1 aliphatic carbocycles. The lowest BCUT2D eigenvalue weighted by molar-refractivity contribution is -0.116. The number of hydrogen-bond donors (Lipinski definition) is 2. The SMILES string of the molecule is O=C(CCS(=O)(=O)c1ccc2c(c1)CCC2)Nc1ccc2c(c1)NC(=O)CS2. The Labute approximate surface area is 168 Å². The van der Waals surface area contributed by atoms with Crippen molar-refractivity contribution < 1.29 is 18.0 Å². The van der Waals surface area contributed by atoms with Crippen LogP contribution in [0.4, 0.5) is 11.4 Å². The summed E-state index contributed by atoms with van der Waals surface area (Å²) >= 11 is 1.44. The lowest BCUT2D eigenvalue weighted by atomic mass is 10.1. The number of rotatable bonds is 5. The molecule has 4 rings (SSSR count). The Morgan fingerprint density at radius 3 is 2.79 bits per heavy atom. The van der Waals surface area contributed by atoms with Gasteiger partial charge in [0, 0.05) is 17.0 Å². The smallest absolute Gasteiger partial charge is 0.234 e. The van der Waals surface area contributed by atoms with Crippen LogP contribution >= 0.6 is 11.8 Å². The average Bonchev–Trinajstić information content (AvgIpc) is 3.14. The standard InChI is InChI=1S/C20H20N2O4S2/c23-19(21-15-5-7-18-17(11-15)22-20(24)12-27-18)8-9-28(25,26)16-6-4-13-2-1-3-14(13)10-16/h4-7,10-11H,1-3,8-9,12H2,(H,21,23)(H,22,24). The molecule has 6 nitrogen and oxygen atoms in total. The first kappa shape index (κ1) is 19.0. The van der Waals surface area contributed by atoms with Gasteiger partial charge in [-0.25, -0.2) is 8.42 Å². The fraction of sp³-hybridized carbons (Fsp3) is 0.300. The number of fused-ring (bicyclic) bond motifs is 2. The van der Waals surface area contributed by atoms with Gasteiger partial charge in [-0.05, 0) is 60.7 Å². The van der Waals surface area contributed by atoms with E-state index in [9.17, 15) is 18.0 Å². The van der Waals surface area contributed by atoms with Crippen LogP contribution in [0.3, 0.4) is 0 Å². The summed E-state index contributed by atoms with van der Waals surface area (Å²) in [5.74, 6) is -0.324. The van der Waals surface area contributed by atoms with E-state index in [1.807, 2.05) is 12.1 Å². The number of sulfone groups is 1. The number of nitrogens with one attached hydrogen (secondary N) is 2. The molecule has 1 heterocycles. The molecule has 2 N–H and O–H groups in total. The molecule has 2 aliphatic rings. The Morgan fingerprint density at radius 1 is 1.11 bits per heavy atom. The molecule has 1 aliphatic heterocycles. The molecule has 0 aromatic heterocycles. The molecular formula is C20H20N2O4S2. The summed E-state index contributed by atoms with van der Waals surface area (Å²) in [4.78, 5) is 25.0. The van der Waals surface area contributed by atoms with Gasteiger partial charge in [-0.15, -0.1) is 11.8 Å². The van der Waals surface area contributed by atoms with Gasteiger partial charge in [-0.3, -0.25) is 9.59 Å². The first-order valence-corrected chi connectivity index (χ1v) is 11.8. The molecule has 0 spiro atoms. The zero-order valence-corrected chi connectivity index (χ0v) is 16.8. The zero-order chi connectivity index (χ0) is 19.7. The average molecular weight is 417 g/mol. The third-order valence-electron chi connectivity index (χ3n) is 4.92. The van der Waals surface area contributed by atoms with E-state index in [2.05, 4.69) is 10.6 Å². The number of thioether (sulfide) groups is 1. The maximum absolute atomic E-state index is 12.6. The molecule has 0 atom stereocenters. The Kier molecular flexibility index (Phi) is 5.16. The summed E-state index contributed by atoms with van der Waals surface area (Å²) in [5.41, 5.74) is 3.50. The highest BCUT2D eigenvalue weighted by Gasteiger charge is 2.20. The predicted molar refractivity (Wildman–Crippen MR) is 110 cm³/mol. The quantitative estimate of drug-likeness (QED) is 0.782. The van der Waals surface area contributed by atoms with E-state index in [0.29, 0.717) is 17.1 Å². The molecular weight excluding hydrogens is 396 g/mol. The molecule has 0 bridgehead atoms. The summed E-state index contributed by atoms with van der Waals surface area (Å²) < 4.78 is 25.2. The molecule has 8 heteroatoms. The van der Waals surface area contributed by atoms with Gasteiger partial charge in [0.1, 0.15) is 0 Å².